The maximum Gasteiger partial charge on any atom is 0.303 e. The second-order valence-electron chi connectivity index (χ2n) is 4.11. The third-order valence-corrected chi connectivity index (χ3v) is 4.09. The molecule has 17 heavy (non-hydrogen) atoms. The van der Waals surface area contributed by atoms with Crippen molar-refractivity contribution in [1.82, 2.24) is 9.21 Å². The second-order valence-corrected chi connectivity index (χ2v) is 6.09. The van der Waals surface area contributed by atoms with E-state index in [1.54, 1.807) is 0 Å². The highest BCUT2D eigenvalue weighted by Gasteiger charge is 2.23. The van der Waals surface area contributed by atoms with Crippen LogP contribution in [0.5, 0.6) is 0 Å². The van der Waals surface area contributed by atoms with Gasteiger partial charge in [-0.25, -0.2) is 8.42 Å². The van der Waals surface area contributed by atoms with Gasteiger partial charge in [0.1, 0.15) is 0 Å². The molecule has 98 valence electrons. The van der Waals surface area contributed by atoms with E-state index in [4.69, 9.17) is 5.11 Å². The molecular formula is C10H18N2O4S. The molecule has 1 rings (SSSR count). The van der Waals surface area contributed by atoms with E-state index in [0.717, 1.165) is 5.70 Å². The summed E-state index contributed by atoms with van der Waals surface area (Å²) < 4.78 is 24.0. The van der Waals surface area contributed by atoms with Gasteiger partial charge in [-0.1, -0.05) is 6.58 Å². The number of allylic oxidation sites excluding steroid dienone is 1. The van der Waals surface area contributed by atoms with E-state index >= 15 is 0 Å². The first-order valence-corrected chi connectivity index (χ1v) is 7.25. The highest BCUT2D eigenvalue weighted by molar-refractivity contribution is 7.88. The zero-order valence-corrected chi connectivity index (χ0v) is 10.7. The Kier molecular flexibility index (Phi) is 4.53. The Labute approximate surface area is 102 Å². The Hall–Kier alpha value is -1.08. The van der Waals surface area contributed by atoms with Crippen molar-refractivity contribution in [3.63, 3.8) is 0 Å². The van der Waals surface area contributed by atoms with Crippen LogP contribution in [0.1, 0.15) is 12.8 Å². The molecule has 0 amide bonds. The topological polar surface area (TPSA) is 77.9 Å². The fourth-order valence-corrected chi connectivity index (χ4v) is 2.57. The van der Waals surface area contributed by atoms with Gasteiger partial charge in [0.2, 0.25) is 10.0 Å². The molecule has 0 spiro atoms. The van der Waals surface area contributed by atoms with Crippen molar-refractivity contribution in [2.75, 3.05) is 32.4 Å². The Morgan fingerprint density at radius 3 is 2.18 bits per heavy atom. The third kappa shape index (κ3) is 4.35. The summed E-state index contributed by atoms with van der Waals surface area (Å²) in [7, 11) is -3.12. The molecule has 0 aliphatic carbocycles. The van der Waals surface area contributed by atoms with Crippen LogP contribution >= 0.6 is 0 Å². The van der Waals surface area contributed by atoms with Gasteiger partial charge in [0, 0.05) is 31.9 Å². The van der Waals surface area contributed by atoms with Gasteiger partial charge in [0.15, 0.2) is 0 Å². The number of carboxylic acid groups (broad SMARTS) is 1. The van der Waals surface area contributed by atoms with Crippen molar-refractivity contribution in [3.8, 4) is 0 Å². The highest BCUT2D eigenvalue weighted by atomic mass is 32.2. The highest BCUT2D eigenvalue weighted by Crippen LogP contribution is 2.14. The molecule has 1 heterocycles. The molecule has 0 bridgehead atoms. The van der Waals surface area contributed by atoms with Crippen molar-refractivity contribution >= 4 is 16.0 Å². The minimum Gasteiger partial charge on any atom is -0.481 e. The zero-order chi connectivity index (χ0) is 13.1. The second kappa shape index (κ2) is 5.50. The van der Waals surface area contributed by atoms with E-state index < -0.39 is 16.0 Å². The van der Waals surface area contributed by atoms with Crippen LogP contribution in [0.25, 0.3) is 0 Å². The monoisotopic (exact) mass is 262 g/mol. The number of sulfonamides is 1. The van der Waals surface area contributed by atoms with Crippen LogP contribution in [-0.2, 0) is 14.8 Å². The fourth-order valence-electron chi connectivity index (χ4n) is 1.75. The smallest absolute Gasteiger partial charge is 0.303 e. The lowest BCUT2D eigenvalue weighted by molar-refractivity contribution is -0.137. The van der Waals surface area contributed by atoms with Crippen LogP contribution in [-0.4, -0.2) is 61.1 Å². The Morgan fingerprint density at radius 2 is 1.76 bits per heavy atom. The largest absolute Gasteiger partial charge is 0.481 e. The zero-order valence-electron chi connectivity index (χ0n) is 9.92. The third-order valence-electron chi connectivity index (χ3n) is 2.78. The first-order valence-electron chi connectivity index (χ1n) is 5.40. The van der Waals surface area contributed by atoms with Crippen molar-refractivity contribution in [2.45, 2.75) is 12.8 Å². The van der Waals surface area contributed by atoms with Crippen molar-refractivity contribution in [2.24, 2.45) is 0 Å². The molecule has 1 saturated heterocycles. The van der Waals surface area contributed by atoms with Crippen molar-refractivity contribution in [1.29, 1.82) is 0 Å². The number of hydrogen-bond donors (Lipinski definition) is 1. The number of carboxylic acids is 1. The van der Waals surface area contributed by atoms with Crippen LogP contribution in [0.2, 0.25) is 0 Å². The summed E-state index contributed by atoms with van der Waals surface area (Å²) in [4.78, 5) is 12.4. The number of nitrogens with zero attached hydrogens (tertiary/aromatic N) is 2. The number of carbonyl (C=O) groups is 1. The number of aliphatic carboxylic acids is 1. The van der Waals surface area contributed by atoms with E-state index in [1.165, 1.54) is 10.6 Å². The summed E-state index contributed by atoms with van der Waals surface area (Å²) in [5, 5.41) is 8.56. The van der Waals surface area contributed by atoms with E-state index in [-0.39, 0.29) is 6.42 Å². The molecule has 0 aromatic heterocycles. The van der Waals surface area contributed by atoms with Gasteiger partial charge >= 0.3 is 5.97 Å². The molecule has 0 saturated carbocycles. The first kappa shape index (κ1) is 14.0. The summed E-state index contributed by atoms with van der Waals surface area (Å²) in [6.07, 6.45) is 1.67. The lowest BCUT2D eigenvalue weighted by Crippen LogP contribution is -2.47. The predicted octanol–water partition coefficient (Wildman–Crippen LogP) is -0.0579. The molecule has 0 aromatic rings. The van der Waals surface area contributed by atoms with Gasteiger partial charge in [-0.15, -0.1) is 0 Å². The molecule has 7 heteroatoms. The number of piperazine rings is 1. The maximum atomic E-state index is 11.3. The van der Waals surface area contributed by atoms with Crippen LogP contribution in [0.15, 0.2) is 12.3 Å². The summed E-state index contributed by atoms with van der Waals surface area (Å²) in [5.74, 6) is -0.846. The van der Waals surface area contributed by atoms with Gasteiger partial charge in [-0.2, -0.15) is 4.31 Å². The minimum atomic E-state index is -3.12. The minimum absolute atomic E-state index is 0.0606. The van der Waals surface area contributed by atoms with E-state index in [1.807, 2.05) is 4.90 Å². The summed E-state index contributed by atoms with van der Waals surface area (Å²) in [6, 6.07) is 0. The molecule has 1 aliphatic rings. The van der Waals surface area contributed by atoms with Crippen LogP contribution in [0, 0.1) is 0 Å². The van der Waals surface area contributed by atoms with Gasteiger partial charge in [-0.3, -0.25) is 4.79 Å². The van der Waals surface area contributed by atoms with Crippen molar-refractivity contribution in [3.05, 3.63) is 12.3 Å². The van der Waals surface area contributed by atoms with E-state index in [2.05, 4.69) is 6.58 Å². The van der Waals surface area contributed by atoms with E-state index in [9.17, 15) is 13.2 Å². The summed E-state index contributed by atoms with van der Waals surface area (Å²) >= 11 is 0. The van der Waals surface area contributed by atoms with Gasteiger partial charge in [-0.05, 0) is 6.42 Å². The van der Waals surface area contributed by atoms with Crippen LogP contribution in [0.4, 0.5) is 0 Å². The molecular weight excluding hydrogens is 244 g/mol. The molecule has 0 atom stereocenters. The molecule has 1 aliphatic heterocycles. The van der Waals surface area contributed by atoms with E-state index in [0.29, 0.717) is 32.6 Å². The average molecular weight is 262 g/mol. The van der Waals surface area contributed by atoms with Gasteiger partial charge < -0.3 is 10.0 Å². The quantitative estimate of drug-likeness (QED) is 0.751. The lowest BCUT2D eigenvalue weighted by atomic mass is 10.2. The molecule has 6 nitrogen and oxygen atoms in total. The maximum absolute atomic E-state index is 11.3. The molecule has 0 aromatic carbocycles. The Balaban J connectivity index is 2.41. The first-order chi connectivity index (χ1) is 7.80. The number of rotatable bonds is 5. The predicted molar refractivity (Wildman–Crippen MR) is 64.0 cm³/mol. The summed E-state index contributed by atoms with van der Waals surface area (Å²) in [6.45, 7) is 5.85. The lowest BCUT2D eigenvalue weighted by Gasteiger charge is -2.35. The molecule has 0 radical (unpaired) electrons. The molecule has 1 N–H and O–H groups in total. The van der Waals surface area contributed by atoms with Gasteiger partial charge in [0.25, 0.3) is 0 Å². The molecule has 0 unspecified atom stereocenters. The Morgan fingerprint density at radius 1 is 1.24 bits per heavy atom. The Bertz CT molecular complexity index is 397. The molecule has 1 fully saturated rings. The SMILES string of the molecule is C=C(CCC(=O)O)N1CCN(S(C)(=O)=O)CC1. The van der Waals surface area contributed by atoms with Crippen molar-refractivity contribution < 1.29 is 18.3 Å². The average Bonchev–Trinajstić information content (AvgIpc) is 2.25. The van der Waals surface area contributed by atoms with Gasteiger partial charge in [0.05, 0.1) is 12.7 Å². The standard InChI is InChI=1S/C10H18N2O4S/c1-9(3-4-10(13)14)11-5-7-12(8-6-11)17(2,15)16/h1,3-8H2,2H3,(H,13,14). The number of hydrogen-bond acceptors (Lipinski definition) is 4. The summed E-state index contributed by atoms with van der Waals surface area (Å²) in [5.41, 5.74) is 0.764. The van der Waals surface area contributed by atoms with Crippen LogP contribution < -0.4 is 0 Å². The van der Waals surface area contributed by atoms with Crippen LogP contribution in [0.3, 0.4) is 0 Å². The fraction of sp³-hybridized carbons (Fsp3) is 0.700. The normalized spacial score (nSPS) is 18.1.